The van der Waals surface area contributed by atoms with Crippen LogP contribution in [0.15, 0.2) is 24.3 Å². The Kier molecular flexibility index (Phi) is 3.37. The highest BCUT2D eigenvalue weighted by Gasteiger charge is 2.31. The second-order valence-corrected chi connectivity index (χ2v) is 8.20. The van der Waals surface area contributed by atoms with Gasteiger partial charge < -0.3 is 9.80 Å². The van der Waals surface area contributed by atoms with Gasteiger partial charge in [0.25, 0.3) is 0 Å². The van der Waals surface area contributed by atoms with Crippen LogP contribution in [-0.4, -0.2) is 6.67 Å². The van der Waals surface area contributed by atoms with Crippen LogP contribution >= 0.6 is 45.2 Å². The van der Waals surface area contributed by atoms with E-state index in [9.17, 15) is 0 Å². The van der Waals surface area contributed by atoms with Gasteiger partial charge in [-0.1, -0.05) is 12.1 Å². The molecule has 0 N–H and O–H groups in total. The minimum absolute atomic E-state index is 1.01. The first-order valence-electron chi connectivity index (χ1n) is 7.11. The minimum Gasteiger partial charge on any atom is -0.349 e. The lowest BCUT2D eigenvalue weighted by Gasteiger charge is -2.45. The molecule has 0 aliphatic carbocycles. The van der Waals surface area contributed by atoms with E-state index >= 15 is 0 Å². The van der Waals surface area contributed by atoms with Crippen molar-refractivity contribution >= 4 is 56.6 Å². The van der Waals surface area contributed by atoms with E-state index in [2.05, 4.69) is 93.1 Å². The molecule has 2 heterocycles. The molecule has 0 atom stereocenters. The number of halogens is 2. The van der Waals surface area contributed by atoms with Crippen LogP contribution in [0, 0.1) is 21.0 Å². The third-order valence-electron chi connectivity index (χ3n) is 4.50. The van der Waals surface area contributed by atoms with Crippen molar-refractivity contribution in [3.05, 3.63) is 53.7 Å². The molecule has 2 bridgehead atoms. The summed E-state index contributed by atoms with van der Waals surface area (Å²) in [6.07, 6.45) is 0. The van der Waals surface area contributed by atoms with Gasteiger partial charge in [0, 0.05) is 37.2 Å². The molecule has 2 nitrogen and oxygen atoms in total. The van der Waals surface area contributed by atoms with Crippen molar-refractivity contribution in [2.45, 2.75) is 26.9 Å². The van der Waals surface area contributed by atoms with Gasteiger partial charge in [0.05, 0.1) is 6.67 Å². The van der Waals surface area contributed by atoms with Gasteiger partial charge in [-0.15, -0.1) is 0 Å². The Bertz CT molecular complexity index is 755. The molecule has 0 fully saturated rings. The van der Waals surface area contributed by atoms with Crippen LogP contribution in [0.5, 0.6) is 0 Å². The number of anilines is 2. The fourth-order valence-corrected chi connectivity index (χ4v) is 4.43. The Labute approximate surface area is 152 Å². The van der Waals surface area contributed by atoms with E-state index in [1.807, 2.05) is 0 Å². The average Bonchev–Trinajstić information content (AvgIpc) is 2.46. The number of aryl methyl sites for hydroxylation is 2. The molecule has 0 unspecified atom stereocenters. The topological polar surface area (TPSA) is 6.48 Å². The zero-order chi connectivity index (χ0) is 14.7. The van der Waals surface area contributed by atoms with Gasteiger partial charge in [-0.2, -0.15) is 0 Å². The van der Waals surface area contributed by atoms with Gasteiger partial charge >= 0.3 is 0 Å². The summed E-state index contributed by atoms with van der Waals surface area (Å²) in [7, 11) is 0. The molecule has 2 aliphatic heterocycles. The van der Waals surface area contributed by atoms with Crippen LogP contribution in [0.1, 0.15) is 22.3 Å². The number of hydrogen-bond acceptors (Lipinski definition) is 2. The molecule has 0 spiro atoms. The Morgan fingerprint density at radius 2 is 1.67 bits per heavy atom. The van der Waals surface area contributed by atoms with Gasteiger partial charge in [-0.25, -0.2) is 0 Å². The van der Waals surface area contributed by atoms with Crippen LogP contribution in [0.2, 0.25) is 0 Å². The number of benzene rings is 2. The molecule has 4 rings (SSSR count). The van der Waals surface area contributed by atoms with Gasteiger partial charge in [-0.3, -0.25) is 0 Å². The predicted octanol–water partition coefficient (Wildman–Crippen LogP) is 4.81. The Morgan fingerprint density at radius 3 is 2.48 bits per heavy atom. The molecular weight excluding hydrogens is 486 g/mol. The number of rotatable bonds is 0. The Hall–Kier alpha value is -0.500. The summed E-state index contributed by atoms with van der Waals surface area (Å²) in [5.41, 5.74) is 8.56. The van der Waals surface area contributed by atoms with Gasteiger partial charge in [-0.05, 0) is 87.9 Å². The zero-order valence-electron chi connectivity index (χ0n) is 12.1. The van der Waals surface area contributed by atoms with Crippen LogP contribution in [0.4, 0.5) is 11.4 Å². The first-order chi connectivity index (χ1) is 10.0. The lowest BCUT2D eigenvalue weighted by atomic mass is 9.99. The molecule has 2 aromatic rings. The van der Waals surface area contributed by atoms with E-state index in [1.54, 1.807) is 0 Å². The lowest BCUT2D eigenvalue weighted by molar-refractivity contribution is 0.648. The van der Waals surface area contributed by atoms with Crippen molar-refractivity contribution in [3.8, 4) is 0 Å². The molecule has 21 heavy (non-hydrogen) atoms. The van der Waals surface area contributed by atoms with E-state index in [1.165, 1.54) is 40.8 Å². The maximum atomic E-state index is 2.52. The smallest absolute Gasteiger partial charge is 0.0910 e. The SMILES string of the molecule is Cc1cc2c(cc1I)N1Cc3c(ccc(C)c3I)N(C2)C1. The zero-order valence-corrected chi connectivity index (χ0v) is 16.4. The standard InChI is InChI=1S/C17H16I2N2/c1-10-3-4-15-13(17(10)19)8-21-9-20(15)7-12-5-11(2)14(18)6-16(12)21/h3-6H,7-9H2,1-2H3. The van der Waals surface area contributed by atoms with Crippen LogP contribution in [0.25, 0.3) is 0 Å². The van der Waals surface area contributed by atoms with Crippen molar-refractivity contribution in [1.82, 2.24) is 0 Å². The molecule has 2 aromatic carbocycles. The highest BCUT2D eigenvalue weighted by Crippen LogP contribution is 2.41. The number of fused-ring (bicyclic) bond motifs is 6. The molecule has 2 aliphatic rings. The highest BCUT2D eigenvalue weighted by molar-refractivity contribution is 14.1. The van der Waals surface area contributed by atoms with Crippen LogP contribution < -0.4 is 9.80 Å². The fourth-order valence-electron chi connectivity index (χ4n) is 3.35. The normalized spacial score (nSPS) is 15.8. The van der Waals surface area contributed by atoms with Crippen LogP contribution in [0.3, 0.4) is 0 Å². The number of nitrogens with zero attached hydrogens (tertiary/aromatic N) is 2. The van der Waals surface area contributed by atoms with Gasteiger partial charge in [0.15, 0.2) is 0 Å². The first-order valence-corrected chi connectivity index (χ1v) is 9.27. The second-order valence-electron chi connectivity index (χ2n) is 5.96. The summed E-state index contributed by atoms with van der Waals surface area (Å²) >= 11 is 4.96. The molecule has 4 heteroatoms. The number of hydrogen-bond donors (Lipinski definition) is 0. The fraction of sp³-hybridized carbons (Fsp3) is 0.294. The molecule has 0 saturated carbocycles. The molecule has 0 aromatic heterocycles. The largest absolute Gasteiger partial charge is 0.349 e. The Morgan fingerprint density at radius 1 is 0.905 bits per heavy atom. The summed E-state index contributed by atoms with van der Waals surface area (Å²) < 4.78 is 2.79. The van der Waals surface area contributed by atoms with Crippen LogP contribution in [-0.2, 0) is 13.1 Å². The summed E-state index contributed by atoms with van der Waals surface area (Å²) in [6.45, 7) is 7.47. The van der Waals surface area contributed by atoms with Crippen molar-refractivity contribution in [1.29, 1.82) is 0 Å². The summed E-state index contributed by atoms with van der Waals surface area (Å²) in [5, 5.41) is 0. The van der Waals surface area contributed by atoms with Crippen molar-refractivity contribution in [2.24, 2.45) is 0 Å². The molecular formula is C17H16I2N2. The maximum Gasteiger partial charge on any atom is 0.0910 e. The Balaban J connectivity index is 1.86. The first kappa shape index (κ1) is 14.1. The monoisotopic (exact) mass is 502 g/mol. The average molecular weight is 502 g/mol. The van der Waals surface area contributed by atoms with Crippen molar-refractivity contribution < 1.29 is 0 Å². The minimum atomic E-state index is 1.01. The van der Waals surface area contributed by atoms with Gasteiger partial charge in [0.2, 0.25) is 0 Å². The summed E-state index contributed by atoms with van der Waals surface area (Å²) in [5.74, 6) is 0. The third kappa shape index (κ3) is 2.17. The predicted molar refractivity (Wildman–Crippen MR) is 105 cm³/mol. The van der Waals surface area contributed by atoms with E-state index in [0.29, 0.717) is 0 Å². The maximum absolute atomic E-state index is 2.52. The summed E-state index contributed by atoms with van der Waals surface area (Å²) in [6, 6.07) is 9.27. The van der Waals surface area contributed by atoms with E-state index in [-0.39, 0.29) is 0 Å². The molecule has 0 saturated heterocycles. The summed E-state index contributed by atoms with van der Waals surface area (Å²) in [4.78, 5) is 5.03. The molecule has 0 radical (unpaired) electrons. The molecule has 0 amide bonds. The van der Waals surface area contributed by atoms with Crippen molar-refractivity contribution in [2.75, 3.05) is 16.5 Å². The third-order valence-corrected chi connectivity index (χ3v) is 7.17. The second kappa shape index (κ2) is 5.01. The van der Waals surface area contributed by atoms with Gasteiger partial charge in [0.1, 0.15) is 0 Å². The van der Waals surface area contributed by atoms with E-state index in [4.69, 9.17) is 0 Å². The lowest BCUT2D eigenvalue weighted by Crippen LogP contribution is -2.46. The molecule has 108 valence electrons. The van der Waals surface area contributed by atoms with Crippen molar-refractivity contribution in [3.63, 3.8) is 0 Å². The van der Waals surface area contributed by atoms with E-state index in [0.717, 1.165) is 19.8 Å². The van der Waals surface area contributed by atoms with E-state index < -0.39 is 0 Å². The quantitative estimate of drug-likeness (QED) is 0.478. The highest BCUT2D eigenvalue weighted by atomic mass is 127.